The Bertz CT molecular complexity index is 964. The number of ether oxygens (including phenoxy) is 1. The smallest absolute Gasteiger partial charge is 0.257 e. The first-order valence-electron chi connectivity index (χ1n) is 7.88. The number of carbonyl (C=O) groups excluding carboxylic acids is 2. The van der Waals surface area contributed by atoms with Gasteiger partial charge in [0, 0.05) is 18.2 Å². The molecule has 3 aromatic rings. The van der Waals surface area contributed by atoms with Gasteiger partial charge in [-0.25, -0.2) is 4.98 Å². The number of aromatic nitrogens is 1. The number of amides is 2. The summed E-state index contributed by atoms with van der Waals surface area (Å²) in [6.45, 7) is 5.46. The summed E-state index contributed by atoms with van der Waals surface area (Å²) in [6.07, 6.45) is 1.66. The van der Waals surface area contributed by atoms with E-state index in [0.29, 0.717) is 28.7 Å². The maximum Gasteiger partial charge on any atom is 0.257 e. The molecule has 0 aliphatic carbocycles. The summed E-state index contributed by atoms with van der Waals surface area (Å²) in [5.41, 5.74) is 1.96. The molecule has 0 aliphatic rings. The summed E-state index contributed by atoms with van der Waals surface area (Å²) >= 11 is 1.35. The van der Waals surface area contributed by atoms with Crippen molar-refractivity contribution in [2.45, 2.75) is 6.92 Å². The van der Waals surface area contributed by atoms with Gasteiger partial charge in [-0.3, -0.25) is 14.9 Å². The SMILES string of the molecule is C=CCOc1ccc(C(=O)Nc2nc3ccc(NC(C)=O)cc3s2)cc1. The van der Waals surface area contributed by atoms with Crippen LogP contribution in [0.25, 0.3) is 10.2 Å². The number of benzene rings is 2. The molecule has 0 fully saturated rings. The zero-order chi connectivity index (χ0) is 18.5. The third-order valence-corrected chi connectivity index (χ3v) is 4.35. The van der Waals surface area contributed by atoms with Gasteiger partial charge in [0.05, 0.1) is 10.2 Å². The Morgan fingerprint density at radius 2 is 1.96 bits per heavy atom. The molecule has 1 heterocycles. The predicted molar refractivity (Wildman–Crippen MR) is 104 cm³/mol. The van der Waals surface area contributed by atoms with Crippen LogP contribution in [0.15, 0.2) is 55.1 Å². The van der Waals surface area contributed by atoms with E-state index in [9.17, 15) is 9.59 Å². The molecule has 2 aromatic carbocycles. The molecule has 132 valence electrons. The largest absolute Gasteiger partial charge is 0.490 e. The highest BCUT2D eigenvalue weighted by atomic mass is 32.1. The zero-order valence-corrected chi connectivity index (χ0v) is 14.9. The molecule has 0 saturated heterocycles. The lowest BCUT2D eigenvalue weighted by Crippen LogP contribution is -2.11. The van der Waals surface area contributed by atoms with Crippen molar-refractivity contribution in [1.82, 2.24) is 4.98 Å². The van der Waals surface area contributed by atoms with Gasteiger partial charge in [-0.2, -0.15) is 0 Å². The summed E-state index contributed by atoms with van der Waals surface area (Å²) < 4.78 is 6.27. The molecule has 7 heteroatoms. The summed E-state index contributed by atoms with van der Waals surface area (Å²) in [7, 11) is 0. The molecule has 2 N–H and O–H groups in total. The predicted octanol–water partition coefficient (Wildman–Crippen LogP) is 4.07. The molecule has 2 amide bonds. The van der Waals surface area contributed by atoms with E-state index in [1.54, 1.807) is 42.5 Å². The van der Waals surface area contributed by atoms with Gasteiger partial charge in [0.15, 0.2) is 5.13 Å². The molecule has 0 unspecified atom stereocenters. The van der Waals surface area contributed by atoms with E-state index in [1.807, 2.05) is 6.07 Å². The zero-order valence-electron chi connectivity index (χ0n) is 14.1. The van der Waals surface area contributed by atoms with Crippen molar-refractivity contribution >= 4 is 44.2 Å². The van der Waals surface area contributed by atoms with Crippen LogP contribution in [0, 0.1) is 0 Å². The van der Waals surface area contributed by atoms with Crippen LogP contribution in [0.2, 0.25) is 0 Å². The number of carbonyl (C=O) groups is 2. The van der Waals surface area contributed by atoms with Crippen LogP contribution in [0.1, 0.15) is 17.3 Å². The van der Waals surface area contributed by atoms with E-state index >= 15 is 0 Å². The lowest BCUT2D eigenvalue weighted by Gasteiger charge is -2.05. The Hall–Kier alpha value is -3.19. The second kappa shape index (κ2) is 7.79. The van der Waals surface area contributed by atoms with E-state index in [-0.39, 0.29) is 11.8 Å². The number of hydrogen-bond acceptors (Lipinski definition) is 5. The highest BCUT2D eigenvalue weighted by Crippen LogP contribution is 2.28. The van der Waals surface area contributed by atoms with Crippen LogP contribution in [0.5, 0.6) is 5.75 Å². The summed E-state index contributed by atoms with van der Waals surface area (Å²) in [5.74, 6) is 0.288. The van der Waals surface area contributed by atoms with Crippen molar-refractivity contribution < 1.29 is 14.3 Å². The second-order valence-electron chi connectivity index (χ2n) is 5.46. The summed E-state index contributed by atoms with van der Waals surface area (Å²) in [4.78, 5) is 27.9. The molecule has 26 heavy (non-hydrogen) atoms. The van der Waals surface area contributed by atoms with Crippen molar-refractivity contribution in [3.8, 4) is 5.75 Å². The van der Waals surface area contributed by atoms with Crippen molar-refractivity contribution in [3.05, 3.63) is 60.7 Å². The van der Waals surface area contributed by atoms with Crippen LogP contribution in [-0.2, 0) is 4.79 Å². The number of fused-ring (bicyclic) bond motifs is 1. The molecule has 1 aromatic heterocycles. The van der Waals surface area contributed by atoms with Crippen molar-refractivity contribution in [2.75, 3.05) is 17.2 Å². The Morgan fingerprint density at radius 1 is 1.19 bits per heavy atom. The fourth-order valence-electron chi connectivity index (χ4n) is 2.29. The quantitative estimate of drug-likeness (QED) is 0.644. The Morgan fingerprint density at radius 3 is 2.65 bits per heavy atom. The monoisotopic (exact) mass is 367 g/mol. The molecule has 0 saturated carbocycles. The van der Waals surface area contributed by atoms with Crippen LogP contribution >= 0.6 is 11.3 Å². The van der Waals surface area contributed by atoms with E-state index in [4.69, 9.17) is 4.74 Å². The van der Waals surface area contributed by atoms with Gasteiger partial charge in [-0.15, -0.1) is 0 Å². The van der Waals surface area contributed by atoms with Gasteiger partial charge in [-0.1, -0.05) is 24.0 Å². The molecular formula is C19H17N3O3S. The highest BCUT2D eigenvalue weighted by molar-refractivity contribution is 7.22. The van der Waals surface area contributed by atoms with Crippen LogP contribution < -0.4 is 15.4 Å². The van der Waals surface area contributed by atoms with Crippen molar-refractivity contribution in [1.29, 1.82) is 0 Å². The van der Waals surface area contributed by atoms with E-state index in [0.717, 1.165) is 10.2 Å². The Labute approximate surface area is 154 Å². The number of rotatable bonds is 6. The van der Waals surface area contributed by atoms with Gasteiger partial charge < -0.3 is 10.1 Å². The number of anilines is 2. The number of nitrogens with zero attached hydrogens (tertiary/aromatic N) is 1. The summed E-state index contributed by atoms with van der Waals surface area (Å²) in [6, 6.07) is 12.3. The average Bonchev–Trinajstić information content (AvgIpc) is 3.01. The van der Waals surface area contributed by atoms with Gasteiger partial charge in [0.2, 0.25) is 5.91 Å². The van der Waals surface area contributed by atoms with Gasteiger partial charge >= 0.3 is 0 Å². The topological polar surface area (TPSA) is 80.3 Å². The third kappa shape index (κ3) is 4.25. The fourth-order valence-corrected chi connectivity index (χ4v) is 3.19. The second-order valence-corrected chi connectivity index (χ2v) is 6.49. The molecule has 0 aliphatic heterocycles. The minimum Gasteiger partial charge on any atom is -0.490 e. The van der Waals surface area contributed by atoms with E-state index < -0.39 is 0 Å². The molecule has 0 bridgehead atoms. The minimum atomic E-state index is -0.249. The molecular weight excluding hydrogens is 350 g/mol. The molecule has 0 radical (unpaired) electrons. The minimum absolute atomic E-state index is 0.136. The average molecular weight is 367 g/mol. The highest BCUT2D eigenvalue weighted by Gasteiger charge is 2.11. The molecule has 3 rings (SSSR count). The fraction of sp³-hybridized carbons (Fsp3) is 0.105. The van der Waals surface area contributed by atoms with Crippen molar-refractivity contribution in [3.63, 3.8) is 0 Å². The third-order valence-electron chi connectivity index (χ3n) is 3.41. The number of hydrogen-bond donors (Lipinski definition) is 2. The van der Waals surface area contributed by atoms with Crippen LogP contribution in [0.4, 0.5) is 10.8 Å². The van der Waals surface area contributed by atoms with Gasteiger partial charge in [0.1, 0.15) is 12.4 Å². The maximum atomic E-state index is 12.4. The first-order chi connectivity index (χ1) is 12.5. The normalized spacial score (nSPS) is 10.3. The van der Waals surface area contributed by atoms with Crippen LogP contribution in [0.3, 0.4) is 0 Å². The Balaban J connectivity index is 1.72. The summed E-state index contributed by atoms with van der Waals surface area (Å²) in [5, 5.41) is 6.02. The molecule has 6 nitrogen and oxygen atoms in total. The maximum absolute atomic E-state index is 12.4. The van der Waals surface area contributed by atoms with Gasteiger partial charge in [-0.05, 0) is 42.5 Å². The van der Waals surface area contributed by atoms with E-state index in [1.165, 1.54) is 18.3 Å². The van der Waals surface area contributed by atoms with Gasteiger partial charge in [0.25, 0.3) is 5.91 Å². The molecule has 0 spiro atoms. The van der Waals surface area contributed by atoms with Crippen molar-refractivity contribution in [2.24, 2.45) is 0 Å². The Kier molecular flexibility index (Phi) is 5.28. The number of nitrogens with one attached hydrogen (secondary N) is 2. The first-order valence-corrected chi connectivity index (χ1v) is 8.70. The first kappa shape index (κ1) is 17.6. The lowest BCUT2D eigenvalue weighted by atomic mass is 10.2. The van der Waals surface area contributed by atoms with E-state index in [2.05, 4.69) is 22.2 Å². The standard InChI is InChI=1S/C19H17N3O3S/c1-3-10-25-15-7-4-13(5-8-15)18(24)22-19-21-16-9-6-14(20-12(2)23)11-17(16)26-19/h3-9,11H,1,10H2,2H3,(H,20,23)(H,21,22,24). The molecule has 0 atom stereocenters. The van der Waals surface area contributed by atoms with Crippen LogP contribution in [-0.4, -0.2) is 23.4 Å². The number of thiazole rings is 1. The lowest BCUT2D eigenvalue weighted by molar-refractivity contribution is -0.114.